The molecule has 1 unspecified atom stereocenters. The van der Waals surface area contributed by atoms with Gasteiger partial charge in [-0.05, 0) is 11.8 Å². The van der Waals surface area contributed by atoms with Gasteiger partial charge in [0.15, 0.2) is 5.60 Å². The molecule has 0 radical (unpaired) electrons. The highest BCUT2D eigenvalue weighted by molar-refractivity contribution is 5.86. The Morgan fingerprint density at radius 1 is 1.07 bits per heavy atom. The van der Waals surface area contributed by atoms with Crippen molar-refractivity contribution in [3.8, 4) is 0 Å². The number of carboxylic acid groups (broad SMARTS) is 2. The number of carbonyl (C=O) groups is 2. The van der Waals surface area contributed by atoms with Crippen LogP contribution in [0.4, 0.5) is 0 Å². The van der Waals surface area contributed by atoms with Crippen LogP contribution < -0.4 is 0 Å². The summed E-state index contributed by atoms with van der Waals surface area (Å²) in [4.78, 5) is 22.0. The number of carboxylic acids is 2. The van der Waals surface area contributed by atoms with Gasteiger partial charge in [-0.1, -0.05) is 27.7 Å². The van der Waals surface area contributed by atoms with E-state index >= 15 is 0 Å². The lowest BCUT2D eigenvalue weighted by atomic mass is 9.73. The molecule has 0 amide bonds. The Morgan fingerprint density at radius 2 is 1.47 bits per heavy atom. The van der Waals surface area contributed by atoms with E-state index in [9.17, 15) is 14.7 Å². The van der Waals surface area contributed by atoms with Gasteiger partial charge in [-0.3, -0.25) is 4.79 Å². The lowest BCUT2D eigenvalue weighted by molar-refractivity contribution is -0.184. The van der Waals surface area contributed by atoms with E-state index in [0.717, 1.165) is 0 Å². The van der Waals surface area contributed by atoms with Crippen LogP contribution in [0, 0.1) is 17.8 Å². The summed E-state index contributed by atoms with van der Waals surface area (Å²) < 4.78 is 0. The minimum absolute atomic E-state index is 0.453. The molecule has 0 aromatic rings. The summed E-state index contributed by atoms with van der Waals surface area (Å²) in [7, 11) is 0. The predicted molar refractivity (Wildman–Crippen MR) is 53.4 cm³/mol. The van der Waals surface area contributed by atoms with Gasteiger partial charge in [0.05, 0.1) is 5.92 Å². The van der Waals surface area contributed by atoms with E-state index in [1.54, 1.807) is 13.8 Å². The third-order valence-electron chi connectivity index (χ3n) is 2.63. The van der Waals surface area contributed by atoms with E-state index < -0.39 is 35.3 Å². The van der Waals surface area contributed by atoms with Crippen LogP contribution in [0.2, 0.25) is 0 Å². The molecule has 0 aromatic carbocycles. The molecule has 0 saturated heterocycles. The van der Waals surface area contributed by atoms with Crippen LogP contribution in [0.15, 0.2) is 0 Å². The molecule has 88 valence electrons. The number of aliphatic hydroxyl groups is 1. The molecule has 0 aliphatic carbocycles. The van der Waals surface area contributed by atoms with E-state index in [4.69, 9.17) is 10.2 Å². The van der Waals surface area contributed by atoms with Crippen molar-refractivity contribution < 1.29 is 24.9 Å². The lowest BCUT2D eigenvalue weighted by Crippen LogP contribution is -2.55. The van der Waals surface area contributed by atoms with Crippen LogP contribution in [0.1, 0.15) is 27.7 Å². The average Bonchev–Trinajstić information content (AvgIpc) is 2.01. The van der Waals surface area contributed by atoms with Crippen molar-refractivity contribution >= 4 is 11.9 Å². The normalized spacial score (nSPS) is 17.5. The molecule has 2 atom stereocenters. The topological polar surface area (TPSA) is 94.8 Å². The van der Waals surface area contributed by atoms with Gasteiger partial charge in [-0.2, -0.15) is 0 Å². The Balaban J connectivity index is 5.39. The average molecular weight is 218 g/mol. The van der Waals surface area contributed by atoms with Gasteiger partial charge in [0, 0.05) is 0 Å². The van der Waals surface area contributed by atoms with Gasteiger partial charge in [0.25, 0.3) is 0 Å². The van der Waals surface area contributed by atoms with E-state index in [-0.39, 0.29) is 0 Å². The fourth-order valence-corrected chi connectivity index (χ4v) is 1.72. The van der Waals surface area contributed by atoms with Crippen LogP contribution >= 0.6 is 0 Å². The number of hydrogen-bond donors (Lipinski definition) is 3. The van der Waals surface area contributed by atoms with Gasteiger partial charge in [0.2, 0.25) is 0 Å². The SMILES string of the molecule is CC(C)C(C(=O)O)[C@](O)(C(=O)O)C(C)C. The molecule has 0 fully saturated rings. The lowest BCUT2D eigenvalue weighted by Gasteiger charge is -2.35. The van der Waals surface area contributed by atoms with E-state index in [1.807, 2.05) is 0 Å². The molecular formula is C10H18O5. The number of aliphatic carboxylic acids is 2. The van der Waals surface area contributed by atoms with Crippen molar-refractivity contribution in [2.75, 3.05) is 0 Å². The van der Waals surface area contributed by atoms with Crippen molar-refractivity contribution in [2.45, 2.75) is 33.3 Å². The molecule has 15 heavy (non-hydrogen) atoms. The third-order valence-corrected chi connectivity index (χ3v) is 2.63. The van der Waals surface area contributed by atoms with Crippen molar-refractivity contribution in [2.24, 2.45) is 17.8 Å². The summed E-state index contributed by atoms with van der Waals surface area (Å²) in [5.74, 6) is -5.21. The number of hydrogen-bond acceptors (Lipinski definition) is 3. The molecule has 0 heterocycles. The monoisotopic (exact) mass is 218 g/mol. The van der Waals surface area contributed by atoms with Gasteiger partial charge < -0.3 is 15.3 Å². The first-order chi connectivity index (χ1) is 6.65. The van der Waals surface area contributed by atoms with Crippen LogP contribution in [0.5, 0.6) is 0 Å². The van der Waals surface area contributed by atoms with Gasteiger partial charge in [0.1, 0.15) is 0 Å². The summed E-state index contributed by atoms with van der Waals surface area (Å²) in [6.45, 7) is 6.14. The molecule has 0 rings (SSSR count). The van der Waals surface area contributed by atoms with Crippen LogP contribution in [-0.2, 0) is 9.59 Å². The van der Waals surface area contributed by atoms with Crippen LogP contribution in [0.3, 0.4) is 0 Å². The highest BCUT2D eigenvalue weighted by Crippen LogP contribution is 2.32. The minimum Gasteiger partial charge on any atom is -0.481 e. The summed E-state index contributed by atoms with van der Waals surface area (Å²) in [6, 6.07) is 0. The highest BCUT2D eigenvalue weighted by Gasteiger charge is 2.51. The smallest absolute Gasteiger partial charge is 0.336 e. The first kappa shape index (κ1) is 13.9. The van der Waals surface area contributed by atoms with E-state index in [0.29, 0.717) is 0 Å². The molecule has 0 spiro atoms. The number of rotatable bonds is 5. The Kier molecular flexibility index (Phi) is 4.27. The van der Waals surface area contributed by atoms with Crippen LogP contribution in [0.25, 0.3) is 0 Å². The third kappa shape index (κ3) is 2.47. The van der Waals surface area contributed by atoms with Crippen LogP contribution in [-0.4, -0.2) is 32.9 Å². The predicted octanol–water partition coefficient (Wildman–Crippen LogP) is 0.815. The van der Waals surface area contributed by atoms with Crippen molar-refractivity contribution in [1.29, 1.82) is 0 Å². The second kappa shape index (κ2) is 4.61. The zero-order chi connectivity index (χ0) is 12.4. The quantitative estimate of drug-likeness (QED) is 0.635. The Labute approximate surface area is 88.7 Å². The first-order valence-electron chi connectivity index (χ1n) is 4.84. The highest BCUT2D eigenvalue weighted by atomic mass is 16.4. The molecular weight excluding hydrogens is 200 g/mol. The molecule has 5 heteroatoms. The maximum absolute atomic E-state index is 11.0. The Bertz CT molecular complexity index is 259. The summed E-state index contributed by atoms with van der Waals surface area (Å²) >= 11 is 0. The van der Waals surface area contributed by atoms with E-state index in [2.05, 4.69) is 0 Å². The largest absolute Gasteiger partial charge is 0.481 e. The first-order valence-corrected chi connectivity index (χ1v) is 4.84. The molecule has 0 aliphatic rings. The van der Waals surface area contributed by atoms with Gasteiger partial charge in [-0.15, -0.1) is 0 Å². The van der Waals surface area contributed by atoms with E-state index in [1.165, 1.54) is 13.8 Å². The fraction of sp³-hybridized carbons (Fsp3) is 0.800. The molecule has 0 saturated carbocycles. The second-order valence-corrected chi connectivity index (χ2v) is 4.35. The molecule has 0 aromatic heterocycles. The van der Waals surface area contributed by atoms with Crippen molar-refractivity contribution in [3.05, 3.63) is 0 Å². The Hall–Kier alpha value is -1.10. The zero-order valence-electron chi connectivity index (χ0n) is 9.39. The molecule has 3 N–H and O–H groups in total. The Morgan fingerprint density at radius 3 is 1.53 bits per heavy atom. The summed E-state index contributed by atoms with van der Waals surface area (Å²) in [5, 5.41) is 27.9. The maximum Gasteiger partial charge on any atom is 0.336 e. The maximum atomic E-state index is 11.0. The van der Waals surface area contributed by atoms with Crippen molar-refractivity contribution in [3.63, 3.8) is 0 Å². The minimum atomic E-state index is -2.22. The molecule has 0 aliphatic heterocycles. The second-order valence-electron chi connectivity index (χ2n) is 4.35. The standard InChI is InChI=1S/C10H18O5/c1-5(2)7(8(11)12)10(15,6(3)4)9(13)14/h5-7,15H,1-4H3,(H,11,12)(H,13,14)/t7?,10-/m0/s1. The molecule has 0 bridgehead atoms. The summed E-state index contributed by atoms with van der Waals surface area (Å²) in [5.41, 5.74) is -2.22. The zero-order valence-corrected chi connectivity index (χ0v) is 9.39. The molecule has 5 nitrogen and oxygen atoms in total. The van der Waals surface area contributed by atoms with Gasteiger partial charge in [-0.25, -0.2) is 4.79 Å². The summed E-state index contributed by atoms with van der Waals surface area (Å²) in [6.07, 6.45) is 0. The van der Waals surface area contributed by atoms with Crippen molar-refractivity contribution in [1.82, 2.24) is 0 Å². The van der Waals surface area contributed by atoms with Gasteiger partial charge >= 0.3 is 11.9 Å². The fourth-order valence-electron chi connectivity index (χ4n) is 1.72.